The van der Waals surface area contributed by atoms with Crippen molar-refractivity contribution in [1.82, 2.24) is 14.7 Å². The standard InChI is InChI=1S/C13H16N4O2S/c1-9(13-15-6-7-16-13)17-20(18,19)11-2-3-12-10(8-11)4-5-14-12/h2-3,6-9,14,17H,4-5H2,1H3,(H,15,16). The molecule has 2 heterocycles. The minimum atomic E-state index is -3.54. The lowest BCUT2D eigenvalue weighted by Gasteiger charge is -2.13. The number of fused-ring (bicyclic) bond motifs is 1. The molecule has 0 saturated carbocycles. The fourth-order valence-corrected chi connectivity index (χ4v) is 3.58. The van der Waals surface area contributed by atoms with E-state index in [0.29, 0.717) is 10.7 Å². The van der Waals surface area contributed by atoms with Gasteiger partial charge in [-0.3, -0.25) is 0 Å². The predicted molar refractivity (Wildman–Crippen MR) is 76.0 cm³/mol. The molecule has 0 radical (unpaired) electrons. The summed E-state index contributed by atoms with van der Waals surface area (Å²) in [4.78, 5) is 7.25. The van der Waals surface area contributed by atoms with Crippen LogP contribution in [0, 0.1) is 0 Å². The Labute approximate surface area is 117 Å². The average molecular weight is 292 g/mol. The summed E-state index contributed by atoms with van der Waals surface area (Å²) in [5.41, 5.74) is 2.06. The van der Waals surface area contributed by atoms with E-state index in [-0.39, 0.29) is 0 Å². The molecule has 106 valence electrons. The van der Waals surface area contributed by atoms with Crippen molar-refractivity contribution in [2.45, 2.75) is 24.3 Å². The highest BCUT2D eigenvalue weighted by Crippen LogP contribution is 2.25. The van der Waals surface area contributed by atoms with E-state index in [2.05, 4.69) is 20.0 Å². The van der Waals surface area contributed by atoms with Gasteiger partial charge in [-0.15, -0.1) is 0 Å². The molecule has 6 nitrogen and oxygen atoms in total. The molecule has 7 heteroatoms. The Morgan fingerprint density at radius 2 is 2.25 bits per heavy atom. The zero-order chi connectivity index (χ0) is 14.2. The lowest BCUT2D eigenvalue weighted by Crippen LogP contribution is -2.27. The Morgan fingerprint density at radius 3 is 3.00 bits per heavy atom. The molecule has 1 aliphatic heterocycles. The smallest absolute Gasteiger partial charge is 0.241 e. The number of hydrogen-bond acceptors (Lipinski definition) is 4. The van der Waals surface area contributed by atoms with Crippen molar-refractivity contribution in [1.29, 1.82) is 0 Å². The molecule has 3 rings (SSSR count). The van der Waals surface area contributed by atoms with Gasteiger partial charge in [-0.1, -0.05) is 0 Å². The summed E-state index contributed by atoms with van der Waals surface area (Å²) in [6.45, 7) is 2.61. The van der Waals surface area contributed by atoms with Crippen LogP contribution in [0.25, 0.3) is 0 Å². The Balaban J connectivity index is 1.85. The van der Waals surface area contributed by atoms with Crippen molar-refractivity contribution in [2.75, 3.05) is 11.9 Å². The molecular weight excluding hydrogens is 276 g/mol. The molecule has 1 aromatic carbocycles. The van der Waals surface area contributed by atoms with Crippen LogP contribution in [0.3, 0.4) is 0 Å². The fraction of sp³-hybridized carbons (Fsp3) is 0.308. The van der Waals surface area contributed by atoms with Gasteiger partial charge in [0.2, 0.25) is 10.0 Å². The molecule has 0 aliphatic carbocycles. The van der Waals surface area contributed by atoms with Gasteiger partial charge in [0.05, 0.1) is 10.9 Å². The van der Waals surface area contributed by atoms with E-state index >= 15 is 0 Å². The number of anilines is 1. The number of sulfonamides is 1. The van der Waals surface area contributed by atoms with Crippen molar-refractivity contribution in [3.05, 3.63) is 42.0 Å². The summed E-state index contributed by atoms with van der Waals surface area (Å²) in [6, 6.07) is 4.76. The third kappa shape index (κ3) is 2.41. The molecule has 3 N–H and O–H groups in total. The van der Waals surface area contributed by atoms with Gasteiger partial charge in [-0.25, -0.2) is 18.1 Å². The first-order valence-corrected chi connectivity index (χ1v) is 7.93. The van der Waals surface area contributed by atoms with Crippen molar-refractivity contribution >= 4 is 15.7 Å². The van der Waals surface area contributed by atoms with E-state index in [1.807, 2.05) is 6.07 Å². The molecule has 1 aliphatic rings. The molecule has 0 spiro atoms. The predicted octanol–water partition coefficient (Wildman–Crippen LogP) is 1.42. The SMILES string of the molecule is CC(NS(=O)(=O)c1ccc2c(c1)CCN2)c1ncc[nH]1. The number of H-pyrrole nitrogens is 1. The van der Waals surface area contributed by atoms with Crippen molar-refractivity contribution in [3.63, 3.8) is 0 Å². The Bertz CT molecular complexity index is 710. The zero-order valence-corrected chi connectivity index (χ0v) is 11.9. The maximum absolute atomic E-state index is 12.4. The highest BCUT2D eigenvalue weighted by molar-refractivity contribution is 7.89. The van der Waals surface area contributed by atoms with Crippen molar-refractivity contribution in [2.24, 2.45) is 0 Å². The monoisotopic (exact) mass is 292 g/mol. The van der Waals surface area contributed by atoms with E-state index < -0.39 is 16.1 Å². The molecule has 0 bridgehead atoms. The summed E-state index contributed by atoms with van der Waals surface area (Å²) < 4.78 is 27.4. The molecule has 2 aromatic rings. The Morgan fingerprint density at radius 1 is 1.40 bits per heavy atom. The number of nitrogens with zero attached hydrogens (tertiary/aromatic N) is 1. The summed E-state index contributed by atoms with van der Waals surface area (Å²) in [6.07, 6.45) is 4.12. The minimum absolute atomic E-state index is 0.290. The van der Waals surface area contributed by atoms with E-state index in [9.17, 15) is 8.42 Å². The first-order chi connectivity index (χ1) is 9.56. The minimum Gasteiger partial charge on any atom is -0.384 e. The number of imidazole rings is 1. The van der Waals surface area contributed by atoms with Crippen LogP contribution in [0.15, 0.2) is 35.5 Å². The van der Waals surface area contributed by atoms with Crippen LogP contribution < -0.4 is 10.0 Å². The second-order valence-corrected chi connectivity index (χ2v) is 6.53. The summed E-state index contributed by atoms with van der Waals surface area (Å²) in [7, 11) is -3.54. The maximum Gasteiger partial charge on any atom is 0.241 e. The lowest BCUT2D eigenvalue weighted by atomic mass is 10.2. The van der Waals surface area contributed by atoms with E-state index in [1.165, 1.54) is 0 Å². The van der Waals surface area contributed by atoms with Crippen LogP contribution in [0.4, 0.5) is 5.69 Å². The van der Waals surface area contributed by atoms with Crippen LogP contribution in [0.5, 0.6) is 0 Å². The van der Waals surface area contributed by atoms with Crippen LogP contribution in [0.1, 0.15) is 24.4 Å². The largest absolute Gasteiger partial charge is 0.384 e. The van der Waals surface area contributed by atoms with E-state index in [0.717, 1.165) is 24.2 Å². The number of hydrogen-bond donors (Lipinski definition) is 3. The maximum atomic E-state index is 12.4. The van der Waals surface area contributed by atoms with Crippen LogP contribution in [-0.4, -0.2) is 24.9 Å². The number of rotatable bonds is 4. The normalized spacial score (nSPS) is 15.7. The van der Waals surface area contributed by atoms with Gasteiger partial charge in [0.25, 0.3) is 0 Å². The summed E-state index contributed by atoms with van der Waals surface area (Å²) in [5.74, 6) is 0.594. The zero-order valence-electron chi connectivity index (χ0n) is 11.1. The number of aromatic amines is 1. The summed E-state index contributed by atoms with van der Waals surface area (Å²) in [5, 5.41) is 3.21. The topological polar surface area (TPSA) is 86.9 Å². The fourth-order valence-electron chi connectivity index (χ4n) is 2.32. The third-order valence-corrected chi connectivity index (χ3v) is 4.90. The second kappa shape index (κ2) is 4.92. The van der Waals surface area contributed by atoms with Gasteiger partial charge in [0, 0.05) is 24.6 Å². The quantitative estimate of drug-likeness (QED) is 0.795. The molecule has 0 amide bonds. The van der Waals surface area contributed by atoms with Gasteiger partial charge in [-0.2, -0.15) is 0 Å². The van der Waals surface area contributed by atoms with Gasteiger partial charge < -0.3 is 10.3 Å². The molecule has 1 atom stereocenters. The first kappa shape index (κ1) is 13.1. The number of benzene rings is 1. The van der Waals surface area contributed by atoms with Crippen LogP contribution in [-0.2, 0) is 16.4 Å². The van der Waals surface area contributed by atoms with Gasteiger partial charge in [0.15, 0.2) is 0 Å². The highest BCUT2D eigenvalue weighted by atomic mass is 32.2. The van der Waals surface area contributed by atoms with E-state index in [1.54, 1.807) is 31.5 Å². The molecule has 0 saturated heterocycles. The van der Waals surface area contributed by atoms with Crippen LogP contribution in [0.2, 0.25) is 0 Å². The van der Waals surface area contributed by atoms with Crippen LogP contribution >= 0.6 is 0 Å². The Kier molecular flexibility index (Phi) is 3.23. The first-order valence-electron chi connectivity index (χ1n) is 6.45. The highest BCUT2D eigenvalue weighted by Gasteiger charge is 2.21. The second-order valence-electron chi connectivity index (χ2n) is 4.81. The van der Waals surface area contributed by atoms with Gasteiger partial charge >= 0.3 is 0 Å². The van der Waals surface area contributed by atoms with Crippen molar-refractivity contribution < 1.29 is 8.42 Å². The van der Waals surface area contributed by atoms with E-state index in [4.69, 9.17) is 0 Å². The van der Waals surface area contributed by atoms with Gasteiger partial charge in [-0.05, 0) is 37.1 Å². The third-order valence-electron chi connectivity index (χ3n) is 3.36. The summed E-state index contributed by atoms with van der Waals surface area (Å²) >= 11 is 0. The van der Waals surface area contributed by atoms with Crippen molar-refractivity contribution in [3.8, 4) is 0 Å². The average Bonchev–Trinajstić information content (AvgIpc) is 3.08. The number of aromatic nitrogens is 2. The number of nitrogens with one attached hydrogen (secondary N) is 3. The molecule has 1 aromatic heterocycles. The lowest BCUT2D eigenvalue weighted by molar-refractivity contribution is 0.561. The molecule has 20 heavy (non-hydrogen) atoms. The molecule has 0 fully saturated rings. The van der Waals surface area contributed by atoms with Gasteiger partial charge in [0.1, 0.15) is 5.82 Å². The molecule has 1 unspecified atom stereocenters. The molecular formula is C13H16N4O2S. The Hall–Kier alpha value is -1.86.